The number of hydrogen-bond donors (Lipinski definition) is 0. The molecule has 0 aliphatic heterocycles. The normalized spacial score (nSPS) is 11.1. The van der Waals surface area contributed by atoms with Crippen LogP contribution in [-0.2, 0) is 4.74 Å². The highest BCUT2D eigenvalue weighted by atomic mass is 16.6. The third-order valence-corrected chi connectivity index (χ3v) is 4.84. The summed E-state index contributed by atoms with van der Waals surface area (Å²) < 4.78 is 16.0. The summed E-state index contributed by atoms with van der Waals surface area (Å²) in [7, 11) is 1.54. The van der Waals surface area contributed by atoms with Gasteiger partial charge in [-0.3, -0.25) is 14.9 Å². The lowest BCUT2D eigenvalue weighted by Crippen LogP contribution is -2.16. The fourth-order valence-corrected chi connectivity index (χ4v) is 3.07. The third-order valence-electron chi connectivity index (χ3n) is 4.84. The molecule has 0 spiro atoms. The zero-order chi connectivity index (χ0) is 25.5. The molecule has 0 N–H and O–H groups in total. The van der Waals surface area contributed by atoms with Gasteiger partial charge in [0, 0.05) is 16.9 Å². The summed E-state index contributed by atoms with van der Waals surface area (Å²) in [5, 5.41) is 11.2. The number of hydrogen-bond acceptors (Lipinski definition) is 6. The number of rotatable bonds is 12. The molecule has 1 unspecified atom stereocenters. The Balaban J connectivity index is 1.93. The lowest BCUT2D eigenvalue weighted by Gasteiger charge is -2.13. The van der Waals surface area contributed by atoms with Crippen LogP contribution in [0.5, 0.6) is 11.5 Å². The van der Waals surface area contributed by atoms with Gasteiger partial charge in [0.1, 0.15) is 24.7 Å². The van der Waals surface area contributed by atoms with Crippen molar-refractivity contribution in [3.63, 3.8) is 0 Å². The molecule has 0 saturated heterocycles. The molecule has 1 atom stereocenters. The number of carbonyl (C=O) groups is 1. The average Bonchev–Trinajstić information content (AvgIpc) is 2.85. The minimum Gasteiger partial charge on any atom is -0.497 e. The summed E-state index contributed by atoms with van der Waals surface area (Å²) >= 11 is 0. The average molecular weight is 474 g/mol. The maximum atomic E-state index is 12.7. The number of Topliss-reactive ketones (excluding diaryl/α,β-unsaturated/α-hetero) is 1. The molecule has 0 amide bonds. The molecule has 0 aromatic heterocycles. The molecule has 0 fully saturated rings. The van der Waals surface area contributed by atoms with E-state index in [0.29, 0.717) is 22.6 Å². The van der Waals surface area contributed by atoms with Gasteiger partial charge in [-0.15, -0.1) is 0 Å². The first-order valence-electron chi connectivity index (χ1n) is 10.8. The summed E-state index contributed by atoms with van der Waals surface area (Å²) in [5.41, 5.74) is 1.17. The van der Waals surface area contributed by atoms with E-state index < -0.39 is 10.8 Å². The van der Waals surface area contributed by atoms with Crippen LogP contribution in [0.4, 0.5) is 0 Å². The van der Waals surface area contributed by atoms with Crippen LogP contribution in [0, 0.1) is 33.8 Å². The van der Waals surface area contributed by atoms with Gasteiger partial charge in [0.25, 0.3) is 0 Å². The molecule has 2 aromatic carbocycles. The maximum absolute atomic E-state index is 12.7. The summed E-state index contributed by atoms with van der Waals surface area (Å²) in [6.07, 6.45) is 3.39. The van der Waals surface area contributed by atoms with Gasteiger partial charge in [-0.1, -0.05) is 24.8 Å². The second-order valence-corrected chi connectivity index (χ2v) is 7.33. The highest BCUT2D eigenvalue weighted by Crippen LogP contribution is 2.25. The summed E-state index contributed by atoms with van der Waals surface area (Å²) in [5.74, 6) is 12.1. The Morgan fingerprint density at radius 3 is 2.29 bits per heavy atom. The van der Waals surface area contributed by atoms with Gasteiger partial charge in [0.15, 0.2) is 5.78 Å². The first-order valence-corrected chi connectivity index (χ1v) is 10.8. The van der Waals surface area contributed by atoms with Crippen LogP contribution in [0.15, 0.2) is 73.0 Å². The van der Waals surface area contributed by atoms with E-state index in [4.69, 9.17) is 14.2 Å². The molecular formula is C28H27NO6. The van der Waals surface area contributed by atoms with E-state index in [1.807, 2.05) is 6.92 Å². The highest BCUT2D eigenvalue weighted by molar-refractivity contribution is 5.96. The molecule has 0 aliphatic carbocycles. The van der Waals surface area contributed by atoms with Crippen LogP contribution < -0.4 is 9.47 Å². The van der Waals surface area contributed by atoms with Crippen LogP contribution in [0.25, 0.3) is 0 Å². The molecule has 0 radical (unpaired) electrons. The largest absolute Gasteiger partial charge is 0.497 e. The lowest BCUT2D eigenvalue weighted by atomic mass is 9.91. The monoisotopic (exact) mass is 473 g/mol. The van der Waals surface area contributed by atoms with Crippen molar-refractivity contribution in [2.45, 2.75) is 19.3 Å². The van der Waals surface area contributed by atoms with E-state index >= 15 is 0 Å². The number of benzene rings is 2. The van der Waals surface area contributed by atoms with Gasteiger partial charge in [0.2, 0.25) is 6.54 Å². The predicted octanol–water partition coefficient (Wildman–Crippen LogP) is 4.82. The Hall–Kier alpha value is -4.49. The van der Waals surface area contributed by atoms with E-state index in [1.54, 1.807) is 67.8 Å². The predicted molar refractivity (Wildman–Crippen MR) is 134 cm³/mol. The number of nitro groups is 1. The number of ketones is 1. The smallest absolute Gasteiger partial charge is 0.211 e. The van der Waals surface area contributed by atoms with Crippen molar-refractivity contribution >= 4 is 5.78 Å². The molecule has 0 bridgehead atoms. The summed E-state index contributed by atoms with van der Waals surface area (Å²) in [4.78, 5) is 23.5. The number of allylic oxidation sites excluding steroid dienone is 3. The quantitative estimate of drug-likeness (QED) is 0.110. The van der Waals surface area contributed by atoms with Crippen LogP contribution in [0.1, 0.15) is 35.2 Å². The van der Waals surface area contributed by atoms with Crippen molar-refractivity contribution < 1.29 is 23.9 Å². The Bertz CT molecular complexity index is 1160. The molecule has 35 heavy (non-hydrogen) atoms. The zero-order valence-electron chi connectivity index (χ0n) is 19.8. The Morgan fingerprint density at radius 1 is 1.06 bits per heavy atom. The maximum Gasteiger partial charge on any atom is 0.211 e. The van der Waals surface area contributed by atoms with Crippen molar-refractivity contribution in [1.82, 2.24) is 0 Å². The molecule has 180 valence electrons. The standard InChI is InChI=1S/C28H27NO6/c1-4-9-22(2)34-18-7-5-6-8-19-35-27-16-10-23(11-17-27)25(21-29(31)32)20-28(30)24-12-14-26(33-3)15-13-24/h4,9-17,25H,1,18-21H2,2-3H3/b22-9+. The first kappa shape index (κ1) is 26.8. The topological polar surface area (TPSA) is 87.9 Å². The fraction of sp³-hybridized carbons (Fsp3) is 0.250. The van der Waals surface area contributed by atoms with Crippen molar-refractivity contribution in [3.8, 4) is 35.2 Å². The number of carbonyl (C=O) groups excluding carboxylic acids is 1. The number of ether oxygens (including phenoxy) is 3. The lowest BCUT2D eigenvalue weighted by molar-refractivity contribution is -0.483. The van der Waals surface area contributed by atoms with Crippen molar-refractivity contribution in [2.24, 2.45) is 0 Å². The fourth-order valence-electron chi connectivity index (χ4n) is 3.07. The van der Waals surface area contributed by atoms with Crippen molar-refractivity contribution in [1.29, 1.82) is 0 Å². The SMILES string of the molecule is C=C/C=C(\C)OCC#CC#CCOc1ccc(C(CC(=O)c2ccc(OC)cc2)C[N+](=O)[O-])cc1. The van der Waals surface area contributed by atoms with E-state index in [0.717, 1.165) is 5.76 Å². The van der Waals surface area contributed by atoms with Gasteiger partial charge in [-0.05, 0) is 78.6 Å². The van der Waals surface area contributed by atoms with E-state index in [-0.39, 0.29) is 32.0 Å². The first-order chi connectivity index (χ1) is 16.9. The van der Waals surface area contributed by atoms with Crippen molar-refractivity contribution in [2.75, 3.05) is 26.9 Å². The zero-order valence-corrected chi connectivity index (χ0v) is 19.8. The Kier molecular flexibility index (Phi) is 11.2. The van der Waals surface area contributed by atoms with Crippen LogP contribution in [0.3, 0.4) is 0 Å². The minimum absolute atomic E-state index is 0.0181. The second-order valence-electron chi connectivity index (χ2n) is 7.33. The third kappa shape index (κ3) is 9.89. The van der Waals surface area contributed by atoms with Crippen molar-refractivity contribution in [3.05, 3.63) is 94.3 Å². The van der Waals surface area contributed by atoms with Gasteiger partial charge < -0.3 is 14.2 Å². The molecule has 0 heterocycles. The Morgan fingerprint density at radius 2 is 1.69 bits per heavy atom. The summed E-state index contributed by atoms with van der Waals surface area (Å²) in [6, 6.07) is 13.6. The summed E-state index contributed by atoms with van der Waals surface area (Å²) in [6.45, 7) is 5.42. The van der Waals surface area contributed by atoms with Crippen LogP contribution in [0.2, 0.25) is 0 Å². The van der Waals surface area contributed by atoms with Gasteiger partial charge in [-0.2, -0.15) is 0 Å². The highest BCUT2D eigenvalue weighted by Gasteiger charge is 2.22. The van der Waals surface area contributed by atoms with E-state index in [1.165, 1.54) is 0 Å². The molecular weight excluding hydrogens is 446 g/mol. The van der Waals surface area contributed by atoms with E-state index in [2.05, 4.69) is 30.3 Å². The molecule has 0 saturated carbocycles. The minimum atomic E-state index is -0.559. The van der Waals surface area contributed by atoms with Gasteiger partial charge in [0.05, 0.1) is 18.8 Å². The number of nitrogens with zero attached hydrogens (tertiary/aromatic N) is 1. The molecule has 2 rings (SSSR count). The second kappa shape index (κ2) is 14.6. The molecule has 7 nitrogen and oxygen atoms in total. The number of methoxy groups -OCH3 is 1. The van der Waals surface area contributed by atoms with Gasteiger partial charge >= 0.3 is 0 Å². The van der Waals surface area contributed by atoms with E-state index in [9.17, 15) is 14.9 Å². The van der Waals surface area contributed by atoms with Crippen LogP contribution >= 0.6 is 0 Å². The Labute approximate surface area is 205 Å². The molecule has 2 aromatic rings. The molecule has 7 heteroatoms. The molecule has 0 aliphatic rings. The van der Waals surface area contributed by atoms with Crippen LogP contribution in [-0.4, -0.2) is 37.6 Å². The van der Waals surface area contributed by atoms with Gasteiger partial charge in [-0.25, -0.2) is 0 Å².